The molecule has 12 heteroatoms. The van der Waals surface area contributed by atoms with Crippen LogP contribution in [0.1, 0.15) is 30.9 Å². The molecule has 3 fully saturated rings. The Balaban J connectivity index is 1.27. The molecule has 2 aromatic rings. The molecule has 0 spiro atoms. The summed E-state index contributed by atoms with van der Waals surface area (Å²) in [5, 5.41) is 2.98. The molecule has 3 aliphatic heterocycles. The van der Waals surface area contributed by atoms with Crippen molar-refractivity contribution in [3.63, 3.8) is 0 Å². The van der Waals surface area contributed by atoms with E-state index in [0.717, 1.165) is 30.2 Å². The number of sulfonamides is 1. The van der Waals surface area contributed by atoms with Crippen molar-refractivity contribution >= 4 is 45.0 Å². The fourth-order valence-electron chi connectivity index (χ4n) is 6.03. The first-order valence-electron chi connectivity index (χ1n) is 13.6. The lowest BCUT2D eigenvalue weighted by atomic mass is 9.84. The molecule has 216 valence electrons. The van der Waals surface area contributed by atoms with E-state index < -0.39 is 22.0 Å². The van der Waals surface area contributed by atoms with Crippen LogP contribution < -0.4 is 5.32 Å². The Morgan fingerprint density at radius 3 is 2.38 bits per heavy atom. The van der Waals surface area contributed by atoms with Crippen molar-refractivity contribution in [2.75, 3.05) is 52.5 Å². The first kappa shape index (κ1) is 29.3. The van der Waals surface area contributed by atoms with E-state index in [-0.39, 0.29) is 41.4 Å². The van der Waals surface area contributed by atoms with Gasteiger partial charge in [0.1, 0.15) is 10.9 Å². The van der Waals surface area contributed by atoms with Crippen molar-refractivity contribution in [1.29, 1.82) is 0 Å². The van der Waals surface area contributed by atoms with Crippen LogP contribution in [0, 0.1) is 5.92 Å². The van der Waals surface area contributed by atoms with Crippen LogP contribution in [0.4, 0.5) is 0 Å². The van der Waals surface area contributed by atoms with Crippen molar-refractivity contribution in [1.82, 2.24) is 19.4 Å². The van der Waals surface area contributed by atoms with Crippen LogP contribution in [0.2, 0.25) is 10.0 Å². The summed E-state index contributed by atoms with van der Waals surface area (Å²) in [6, 6.07) is 13.7. The van der Waals surface area contributed by atoms with Crippen LogP contribution in [0.5, 0.6) is 0 Å². The molecule has 0 aliphatic carbocycles. The summed E-state index contributed by atoms with van der Waals surface area (Å²) in [6.45, 7) is 4.49. The number of amides is 2. The molecule has 3 saturated heterocycles. The summed E-state index contributed by atoms with van der Waals surface area (Å²) in [5.41, 5.74) is 1.27. The molecule has 0 bridgehead atoms. The van der Waals surface area contributed by atoms with Gasteiger partial charge in [-0.1, -0.05) is 53.5 Å². The Bertz CT molecular complexity index is 1320. The van der Waals surface area contributed by atoms with Gasteiger partial charge in [0.05, 0.1) is 24.7 Å². The average Bonchev–Trinajstić information content (AvgIpc) is 2.95. The van der Waals surface area contributed by atoms with Crippen LogP contribution in [0.3, 0.4) is 0 Å². The smallest absolute Gasteiger partial charge is 0.245 e. The van der Waals surface area contributed by atoms with E-state index >= 15 is 0 Å². The highest BCUT2D eigenvalue weighted by molar-refractivity contribution is 7.89. The highest BCUT2D eigenvalue weighted by Gasteiger charge is 2.42. The maximum absolute atomic E-state index is 13.5. The minimum Gasteiger partial charge on any atom is -0.379 e. The summed E-state index contributed by atoms with van der Waals surface area (Å²) in [5.74, 6) is -0.350. The lowest BCUT2D eigenvalue weighted by molar-refractivity contribution is -0.138. The van der Waals surface area contributed by atoms with Crippen molar-refractivity contribution in [2.45, 2.75) is 36.2 Å². The van der Waals surface area contributed by atoms with Gasteiger partial charge in [-0.2, -0.15) is 4.31 Å². The van der Waals surface area contributed by atoms with Gasteiger partial charge >= 0.3 is 0 Å². The van der Waals surface area contributed by atoms with Gasteiger partial charge in [-0.05, 0) is 42.5 Å². The predicted octanol–water partition coefficient (Wildman–Crippen LogP) is 3.18. The van der Waals surface area contributed by atoms with Gasteiger partial charge in [0.25, 0.3) is 0 Å². The second-order valence-electron chi connectivity index (χ2n) is 10.4. The molecule has 2 amide bonds. The Labute approximate surface area is 245 Å². The lowest BCUT2D eigenvalue weighted by Gasteiger charge is -2.43. The van der Waals surface area contributed by atoms with E-state index in [4.69, 9.17) is 27.9 Å². The van der Waals surface area contributed by atoms with Gasteiger partial charge in [-0.15, -0.1) is 0 Å². The number of carbonyl (C=O) groups is 2. The number of morpholine rings is 1. The number of halogens is 2. The molecule has 2 aromatic carbocycles. The minimum atomic E-state index is -4.14. The molecular formula is C28H34Cl2N4O5S. The topological polar surface area (TPSA) is 99.3 Å². The Hall–Kier alpha value is -2.21. The standard InChI is InChI=1S/C28H34Cl2N4O5S/c29-22-6-7-25(23(30)18-22)40(37,38)34-13-10-31-28(36)24(34)19-26(35)32-11-8-21(9-12-32)27(20-4-2-1-3-5-20)33-14-16-39-17-15-33/h1-7,18,21,24,27H,8-17,19H2,(H,31,36). The zero-order valence-electron chi connectivity index (χ0n) is 22.2. The number of nitrogens with zero attached hydrogens (tertiary/aromatic N) is 3. The third-order valence-electron chi connectivity index (χ3n) is 8.05. The van der Waals surface area contributed by atoms with Crippen LogP contribution in [0.25, 0.3) is 0 Å². The Kier molecular flexibility index (Phi) is 9.34. The van der Waals surface area contributed by atoms with Gasteiger partial charge in [-0.3, -0.25) is 14.5 Å². The van der Waals surface area contributed by atoms with Crippen LogP contribution in [-0.2, 0) is 24.3 Å². The van der Waals surface area contributed by atoms with E-state index in [1.165, 1.54) is 23.8 Å². The third kappa shape index (κ3) is 6.32. The molecule has 3 heterocycles. The Morgan fingerprint density at radius 1 is 1.00 bits per heavy atom. The molecule has 5 rings (SSSR count). The highest BCUT2D eigenvalue weighted by Crippen LogP contribution is 2.36. The molecule has 3 aliphatic rings. The van der Waals surface area contributed by atoms with Crippen LogP contribution in [-0.4, -0.2) is 92.9 Å². The lowest BCUT2D eigenvalue weighted by Crippen LogP contribution is -2.58. The zero-order chi connectivity index (χ0) is 28.3. The summed E-state index contributed by atoms with van der Waals surface area (Å²) in [7, 11) is -4.14. The summed E-state index contributed by atoms with van der Waals surface area (Å²) in [4.78, 5) is 30.4. The Morgan fingerprint density at radius 2 is 1.70 bits per heavy atom. The molecule has 9 nitrogen and oxygen atoms in total. The summed E-state index contributed by atoms with van der Waals surface area (Å²) in [6.07, 6.45) is 1.41. The van der Waals surface area contributed by atoms with Gasteiger partial charge in [0.15, 0.2) is 0 Å². The molecule has 40 heavy (non-hydrogen) atoms. The SMILES string of the molecule is O=C1NCCN(S(=O)(=O)c2ccc(Cl)cc2Cl)C1CC(=O)N1CCC(C(c2ccccc2)N2CCOCC2)CC1. The molecule has 2 unspecified atom stereocenters. The average molecular weight is 610 g/mol. The number of benzene rings is 2. The fraction of sp³-hybridized carbons (Fsp3) is 0.500. The third-order valence-corrected chi connectivity index (χ3v) is 10.7. The number of piperazine rings is 1. The zero-order valence-corrected chi connectivity index (χ0v) is 24.5. The van der Waals surface area contributed by atoms with E-state index in [2.05, 4.69) is 34.5 Å². The molecule has 1 N–H and O–H groups in total. The van der Waals surface area contributed by atoms with Crippen molar-refractivity contribution in [2.24, 2.45) is 5.92 Å². The number of rotatable bonds is 7. The van der Waals surface area contributed by atoms with E-state index in [1.54, 1.807) is 4.90 Å². The molecule has 0 saturated carbocycles. The largest absolute Gasteiger partial charge is 0.379 e. The number of carbonyl (C=O) groups excluding carboxylic acids is 2. The van der Waals surface area contributed by atoms with Gasteiger partial charge in [0, 0.05) is 50.3 Å². The predicted molar refractivity (Wildman–Crippen MR) is 153 cm³/mol. The van der Waals surface area contributed by atoms with Crippen LogP contribution >= 0.6 is 23.2 Å². The number of piperidine rings is 1. The van der Waals surface area contributed by atoms with E-state index in [9.17, 15) is 18.0 Å². The summed E-state index contributed by atoms with van der Waals surface area (Å²) < 4.78 is 33.7. The van der Waals surface area contributed by atoms with Gasteiger partial charge in [-0.25, -0.2) is 8.42 Å². The molecular weight excluding hydrogens is 575 g/mol. The number of nitrogens with one attached hydrogen (secondary N) is 1. The minimum absolute atomic E-state index is 0.0288. The second kappa shape index (κ2) is 12.8. The van der Waals surface area contributed by atoms with Crippen molar-refractivity contribution < 1.29 is 22.7 Å². The highest BCUT2D eigenvalue weighted by atomic mass is 35.5. The molecule has 2 atom stereocenters. The first-order chi connectivity index (χ1) is 19.3. The van der Waals surface area contributed by atoms with E-state index in [0.29, 0.717) is 37.2 Å². The van der Waals surface area contributed by atoms with Gasteiger partial charge in [0.2, 0.25) is 21.8 Å². The maximum atomic E-state index is 13.5. The van der Waals surface area contributed by atoms with Crippen LogP contribution in [0.15, 0.2) is 53.4 Å². The number of ether oxygens (including phenoxy) is 1. The quantitative estimate of drug-likeness (QED) is 0.518. The molecule has 0 radical (unpaired) electrons. The summed E-state index contributed by atoms with van der Waals surface area (Å²) >= 11 is 12.2. The van der Waals surface area contributed by atoms with E-state index in [1.807, 2.05) is 6.07 Å². The fourth-order valence-corrected chi connectivity index (χ4v) is 8.37. The monoisotopic (exact) mass is 608 g/mol. The normalized spacial score (nSPS) is 22.6. The van der Waals surface area contributed by atoms with Gasteiger partial charge < -0.3 is 15.0 Å². The maximum Gasteiger partial charge on any atom is 0.245 e. The van der Waals surface area contributed by atoms with Crippen molar-refractivity contribution in [3.8, 4) is 0 Å². The first-order valence-corrected chi connectivity index (χ1v) is 15.8. The number of hydrogen-bond donors (Lipinski definition) is 1. The van der Waals surface area contributed by atoms with Crippen molar-refractivity contribution in [3.05, 3.63) is 64.1 Å². The number of likely N-dealkylation sites (tertiary alicyclic amines) is 1. The second-order valence-corrected chi connectivity index (χ2v) is 13.1. The molecule has 0 aromatic heterocycles. The number of hydrogen-bond acceptors (Lipinski definition) is 6.